The maximum absolute atomic E-state index is 13.8. The summed E-state index contributed by atoms with van der Waals surface area (Å²) in [5, 5.41) is 3.02. The molecular formula is C31H19Cl2NO2. The Labute approximate surface area is 218 Å². The molecule has 0 N–H and O–H groups in total. The van der Waals surface area contributed by atoms with E-state index in [4.69, 9.17) is 27.6 Å². The highest BCUT2D eigenvalue weighted by molar-refractivity contribution is 6.42. The van der Waals surface area contributed by atoms with Crippen molar-refractivity contribution in [3.8, 4) is 11.3 Å². The first-order valence-corrected chi connectivity index (χ1v) is 12.2. The van der Waals surface area contributed by atoms with Crippen LogP contribution in [0.5, 0.6) is 0 Å². The Hall–Kier alpha value is -4.05. The van der Waals surface area contributed by atoms with Gasteiger partial charge in [-0.05, 0) is 59.5 Å². The van der Waals surface area contributed by atoms with Crippen LogP contribution in [0.2, 0.25) is 10.0 Å². The number of hydrogen-bond acceptors (Lipinski definition) is 2. The maximum atomic E-state index is 13.8. The second-order valence-electron chi connectivity index (χ2n) is 8.47. The average Bonchev–Trinajstić information content (AvgIpc) is 3.51. The fraction of sp³-hybridized carbons (Fsp3) is 0. The van der Waals surface area contributed by atoms with Gasteiger partial charge >= 0.3 is 0 Å². The van der Waals surface area contributed by atoms with Crippen molar-refractivity contribution in [2.45, 2.75) is 0 Å². The van der Waals surface area contributed by atoms with Crippen molar-refractivity contribution in [3.63, 3.8) is 0 Å². The number of benzene rings is 4. The molecule has 36 heavy (non-hydrogen) atoms. The van der Waals surface area contributed by atoms with E-state index in [9.17, 15) is 4.79 Å². The Morgan fingerprint density at radius 1 is 0.722 bits per heavy atom. The van der Waals surface area contributed by atoms with Gasteiger partial charge in [-0.15, -0.1) is 0 Å². The molecule has 0 radical (unpaired) electrons. The third kappa shape index (κ3) is 4.03. The molecule has 1 aliphatic rings. The second kappa shape index (κ2) is 9.19. The van der Waals surface area contributed by atoms with Gasteiger partial charge in [0.25, 0.3) is 5.91 Å². The molecule has 1 aromatic heterocycles. The van der Waals surface area contributed by atoms with Gasteiger partial charge in [0.2, 0.25) is 0 Å². The average molecular weight is 508 g/mol. The van der Waals surface area contributed by atoms with Crippen LogP contribution in [-0.2, 0) is 4.79 Å². The molecular weight excluding hydrogens is 489 g/mol. The second-order valence-corrected chi connectivity index (χ2v) is 9.28. The Balaban J connectivity index is 1.44. The summed E-state index contributed by atoms with van der Waals surface area (Å²) in [6.07, 6.45) is 3.69. The lowest BCUT2D eigenvalue weighted by Crippen LogP contribution is -2.25. The zero-order valence-corrected chi connectivity index (χ0v) is 20.5. The molecule has 0 unspecified atom stereocenters. The predicted octanol–water partition coefficient (Wildman–Crippen LogP) is 8.88. The molecule has 0 fully saturated rings. The summed E-state index contributed by atoms with van der Waals surface area (Å²) in [6.45, 7) is 0. The van der Waals surface area contributed by atoms with Gasteiger partial charge in [-0.25, -0.2) is 0 Å². The molecule has 3 nitrogen and oxygen atoms in total. The molecule has 1 amide bonds. The van der Waals surface area contributed by atoms with Crippen LogP contribution in [-0.4, -0.2) is 5.91 Å². The van der Waals surface area contributed by atoms with Crippen molar-refractivity contribution in [1.29, 1.82) is 0 Å². The highest BCUT2D eigenvalue weighted by Crippen LogP contribution is 2.39. The Bertz CT molecular complexity index is 1680. The fourth-order valence-electron chi connectivity index (χ4n) is 4.47. The minimum atomic E-state index is -0.113. The van der Waals surface area contributed by atoms with Crippen LogP contribution < -0.4 is 4.90 Å². The number of nitrogens with zero attached hydrogens (tertiary/aromatic N) is 1. The summed E-state index contributed by atoms with van der Waals surface area (Å²) in [4.78, 5) is 15.6. The molecule has 5 aromatic rings. The van der Waals surface area contributed by atoms with Gasteiger partial charge in [-0.1, -0.05) is 89.9 Å². The third-order valence-corrected chi connectivity index (χ3v) is 6.93. The standard InChI is InChI=1S/C31H19Cl2NO2/c32-26-15-13-22(18-27(26)33)30-16-14-24(36-30)17-23-19-29(21-8-2-1-3-9-21)34(31(23)35)28-12-6-10-20-7-4-5-11-25(20)28/h1-19H. The molecule has 0 aliphatic carbocycles. The number of anilines is 1. The Morgan fingerprint density at radius 2 is 1.50 bits per heavy atom. The monoisotopic (exact) mass is 507 g/mol. The molecule has 174 valence electrons. The van der Waals surface area contributed by atoms with Crippen LogP contribution in [0.15, 0.2) is 119 Å². The first-order valence-electron chi connectivity index (χ1n) is 11.4. The van der Waals surface area contributed by atoms with E-state index in [2.05, 4.69) is 12.1 Å². The van der Waals surface area contributed by atoms with Crippen LogP contribution >= 0.6 is 23.2 Å². The largest absolute Gasteiger partial charge is 0.457 e. The number of amides is 1. The van der Waals surface area contributed by atoms with Crippen molar-refractivity contribution in [3.05, 3.63) is 136 Å². The number of fused-ring (bicyclic) bond motifs is 1. The van der Waals surface area contributed by atoms with Crippen LogP contribution in [0.3, 0.4) is 0 Å². The fourth-order valence-corrected chi connectivity index (χ4v) is 4.77. The Kier molecular flexibility index (Phi) is 5.73. The molecule has 1 aliphatic heterocycles. The lowest BCUT2D eigenvalue weighted by molar-refractivity contribution is -0.113. The van der Waals surface area contributed by atoms with Crippen molar-refractivity contribution in [2.75, 3.05) is 4.90 Å². The normalized spacial score (nSPS) is 14.6. The SMILES string of the molecule is O=C1C(=Cc2ccc(-c3ccc(Cl)c(Cl)c3)o2)C=C(c2ccccc2)N1c1cccc2ccccc12. The zero-order valence-electron chi connectivity index (χ0n) is 19.0. The molecule has 0 spiro atoms. The summed E-state index contributed by atoms with van der Waals surface area (Å²) in [5.74, 6) is 1.10. The summed E-state index contributed by atoms with van der Waals surface area (Å²) < 4.78 is 6.05. The number of carbonyl (C=O) groups is 1. The number of halogens is 2. The molecule has 6 rings (SSSR count). The van der Waals surface area contributed by atoms with Crippen molar-refractivity contribution >= 4 is 57.3 Å². The van der Waals surface area contributed by atoms with E-state index in [1.165, 1.54) is 0 Å². The van der Waals surface area contributed by atoms with Crippen LogP contribution in [0.1, 0.15) is 11.3 Å². The van der Waals surface area contributed by atoms with Crippen LogP contribution in [0.25, 0.3) is 33.9 Å². The summed E-state index contributed by atoms with van der Waals surface area (Å²) in [6, 6.07) is 33.1. The summed E-state index contributed by atoms with van der Waals surface area (Å²) in [5.41, 5.74) is 3.96. The lowest BCUT2D eigenvalue weighted by Gasteiger charge is -2.22. The topological polar surface area (TPSA) is 33.5 Å². The van der Waals surface area contributed by atoms with Gasteiger partial charge in [0, 0.05) is 16.5 Å². The highest BCUT2D eigenvalue weighted by Gasteiger charge is 2.31. The van der Waals surface area contributed by atoms with E-state index in [0.29, 0.717) is 27.1 Å². The van der Waals surface area contributed by atoms with Crippen molar-refractivity contribution in [2.24, 2.45) is 0 Å². The highest BCUT2D eigenvalue weighted by atomic mass is 35.5. The Morgan fingerprint density at radius 3 is 2.33 bits per heavy atom. The van der Waals surface area contributed by atoms with E-state index < -0.39 is 0 Å². The van der Waals surface area contributed by atoms with Gasteiger partial charge in [-0.3, -0.25) is 9.69 Å². The smallest absolute Gasteiger partial charge is 0.263 e. The van der Waals surface area contributed by atoms with Gasteiger partial charge in [0.15, 0.2) is 0 Å². The molecule has 0 saturated heterocycles. The summed E-state index contributed by atoms with van der Waals surface area (Å²) >= 11 is 12.2. The number of furan rings is 1. The molecule has 0 atom stereocenters. The predicted molar refractivity (Wildman–Crippen MR) is 148 cm³/mol. The minimum absolute atomic E-state index is 0.113. The molecule has 2 heterocycles. The van der Waals surface area contributed by atoms with E-state index in [1.807, 2.05) is 84.9 Å². The minimum Gasteiger partial charge on any atom is -0.457 e. The summed E-state index contributed by atoms with van der Waals surface area (Å²) in [7, 11) is 0. The number of rotatable bonds is 4. The van der Waals surface area contributed by atoms with Gasteiger partial charge < -0.3 is 4.42 Å². The number of carbonyl (C=O) groups excluding carboxylic acids is 1. The molecule has 4 aromatic carbocycles. The quantitative estimate of drug-likeness (QED) is 0.227. The van der Waals surface area contributed by atoms with E-state index in [0.717, 1.165) is 33.3 Å². The van der Waals surface area contributed by atoms with Gasteiger partial charge in [0.1, 0.15) is 11.5 Å². The van der Waals surface area contributed by atoms with Crippen molar-refractivity contribution in [1.82, 2.24) is 0 Å². The molecule has 0 saturated carbocycles. The molecule has 5 heteroatoms. The maximum Gasteiger partial charge on any atom is 0.263 e. The molecule has 0 bridgehead atoms. The first kappa shape index (κ1) is 22.4. The number of hydrogen-bond donors (Lipinski definition) is 0. The van der Waals surface area contributed by atoms with Crippen molar-refractivity contribution < 1.29 is 9.21 Å². The van der Waals surface area contributed by atoms with E-state index in [-0.39, 0.29) is 5.91 Å². The third-order valence-electron chi connectivity index (χ3n) is 6.19. The lowest BCUT2D eigenvalue weighted by atomic mass is 10.1. The van der Waals surface area contributed by atoms with Crippen LogP contribution in [0, 0.1) is 0 Å². The van der Waals surface area contributed by atoms with Gasteiger partial charge in [-0.2, -0.15) is 0 Å². The van der Waals surface area contributed by atoms with Gasteiger partial charge in [0.05, 0.1) is 21.4 Å². The van der Waals surface area contributed by atoms with E-state index in [1.54, 1.807) is 23.1 Å². The van der Waals surface area contributed by atoms with Crippen LogP contribution in [0.4, 0.5) is 5.69 Å². The van der Waals surface area contributed by atoms with E-state index >= 15 is 0 Å². The zero-order chi connectivity index (χ0) is 24.6. The first-order chi connectivity index (χ1) is 17.6.